The second-order valence-electron chi connectivity index (χ2n) is 7.81. The van der Waals surface area contributed by atoms with Gasteiger partial charge in [0.2, 0.25) is 21.0 Å². The van der Waals surface area contributed by atoms with Crippen LogP contribution in [0.4, 0.5) is 22.0 Å². The predicted molar refractivity (Wildman–Crippen MR) is 124 cm³/mol. The summed E-state index contributed by atoms with van der Waals surface area (Å²) < 4.78 is 95.0. The number of hydrogen-bond acceptors (Lipinski definition) is 6. The first kappa shape index (κ1) is 26.3. The van der Waals surface area contributed by atoms with E-state index >= 15 is 0 Å². The lowest BCUT2D eigenvalue weighted by Gasteiger charge is -2.21. The maximum Gasteiger partial charge on any atom is 0.455 e. The fourth-order valence-electron chi connectivity index (χ4n) is 3.37. The summed E-state index contributed by atoms with van der Waals surface area (Å²) in [5.41, 5.74) is -1.37. The molecule has 0 spiro atoms. The molecule has 37 heavy (non-hydrogen) atoms. The van der Waals surface area contributed by atoms with Gasteiger partial charge in [-0.2, -0.15) is 26.5 Å². The minimum atomic E-state index is -5.86. The maximum atomic E-state index is 13.7. The van der Waals surface area contributed by atoms with E-state index in [-0.39, 0.29) is 49.1 Å². The summed E-state index contributed by atoms with van der Waals surface area (Å²) in [5, 5.41) is 0.0880. The van der Waals surface area contributed by atoms with Gasteiger partial charge in [-0.05, 0) is 25.1 Å². The Balaban J connectivity index is 1.81. The number of halogens is 5. The maximum absolute atomic E-state index is 13.7. The first-order chi connectivity index (χ1) is 17.3. The highest BCUT2D eigenvalue weighted by molar-refractivity contribution is 7.97. The quantitative estimate of drug-likeness (QED) is 0.253. The summed E-state index contributed by atoms with van der Waals surface area (Å²) in [5.74, 6) is -5.03. The van der Waals surface area contributed by atoms with Crippen molar-refractivity contribution in [3.8, 4) is 23.0 Å². The molecule has 14 heteroatoms. The van der Waals surface area contributed by atoms with Crippen LogP contribution in [0, 0.1) is 0 Å². The number of aromatic nitrogens is 4. The van der Waals surface area contributed by atoms with E-state index in [1.165, 1.54) is 37.5 Å². The van der Waals surface area contributed by atoms with Crippen LogP contribution in [-0.2, 0) is 21.0 Å². The molecule has 4 aromatic rings. The van der Waals surface area contributed by atoms with Crippen LogP contribution in [0.25, 0.3) is 22.3 Å². The van der Waals surface area contributed by atoms with Gasteiger partial charge in [-0.3, -0.25) is 9.78 Å². The van der Waals surface area contributed by atoms with Crippen molar-refractivity contribution in [2.24, 2.45) is 0 Å². The number of rotatable bonds is 7. The lowest BCUT2D eigenvalue weighted by Crippen LogP contribution is -2.42. The summed E-state index contributed by atoms with van der Waals surface area (Å²) in [7, 11) is -3.63. The van der Waals surface area contributed by atoms with E-state index in [0.29, 0.717) is 0 Å². The summed E-state index contributed by atoms with van der Waals surface area (Å²) in [6.45, 7) is -0.456. The molecule has 0 aliphatic rings. The van der Waals surface area contributed by atoms with Crippen molar-refractivity contribution in [2.45, 2.75) is 30.5 Å². The molecule has 0 aliphatic carbocycles. The van der Waals surface area contributed by atoms with Gasteiger partial charge >= 0.3 is 12.1 Å². The molecule has 0 radical (unpaired) electrons. The lowest BCUT2D eigenvalue weighted by atomic mass is 10.1. The highest BCUT2D eigenvalue weighted by atomic mass is 32.3. The van der Waals surface area contributed by atoms with E-state index in [1.807, 2.05) is 0 Å². The molecular formula is C23H18F5N4O4S+. The molecule has 0 aliphatic heterocycles. The third-order valence-electron chi connectivity index (χ3n) is 5.31. The Morgan fingerprint density at radius 3 is 2.43 bits per heavy atom. The average Bonchev–Trinajstić information content (AvgIpc) is 2.85. The third-order valence-corrected chi connectivity index (χ3v) is 7.09. The SMILES string of the molecule is CC[S+](=O)(O)c1cc(Oc2ccccn2)cnc1-c1cc2ccc(=O)n(CC(F)(F)C(F)(F)F)c2cn1. The predicted octanol–water partition coefficient (Wildman–Crippen LogP) is 5.19. The largest absolute Gasteiger partial charge is 0.455 e. The second kappa shape index (κ2) is 9.59. The Hall–Kier alpha value is -3.78. The lowest BCUT2D eigenvalue weighted by molar-refractivity contribution is -0.286. The van der Waals surface area contributed by atoms with Crippen LogP contribution in [0.3, 0.4) is 0 Å². The van der Waals surface area contributed by atoms with Crippen LogP contribution in [0.5, 0.6) is 11.6 Å². The van der Waals surface area contributed by atoms with Crippen LogP contribution >= 0.6 is 0 Å². The Kier molecular flexibility index (Phi) is 6.81. The zero-order valence-electron chi connectivity index (χ0n) is 18.9. The fourth-order valence-corrected chi connectivity index (χ4v) is 4.45. The Bertz CT molecular complexity index is 1560. The first-order valence-electron chi connectivity index (χ1n) is 10.6. The first-order valence-corrected chi connectivity index (χ1v) is 12.3. The van der Waals surface area contributed by atoms with Crippen molar-refractivity contribution < 1.29 is 35.5 Å². The van der Waals surface area contributed by atoms with Crippen molar-refractivity contribution in [1.82, 2.24) is 19.5 Å². The van der Waals surface area contributed by atoms with Crippen molar-refractivity contribution in [3.63, 3.8) is 0 Å². The van der Waals surface area contributed by atoms with Gasteiger partial charge in [0.25, 0.3) is 5.56 Å². The standard InChI is InChI=1S/C23H17F5N4O4S/c1-2-37(34,35)18-10-15(36-19-5-3-4-8-29-19)11-31-21(18)16-9-14-6-7-20(33)32(17(14)12-30-16)13-22(24,25)23(26,27)28/h3-12H,2,13H2,1H3/p+1. The van der Waals surface area contributed by atoms with Crippen molar-refractivity contribution in [3.05, 3.63) is 71.4 Å². The number of hydrogen-bond donors (Lipinski definition) is 1. The number of ether oxygens (including phenoxy) is 1. The van der Waals surface area contributed by atoms with Crippen LogP contribution in [-0.4, -0.2) is 41.9 Å². The molecule has 4 heterocycles. The van der Waals surface area contributed by atoms with Crippen LogP contribution < -0.4 is 10.3 Å². The van der Waals surface area contributed by atoms with Gasteiger partial charge in [-0.25, -0.2) is 9.97 Å². The average molecular weight is 541 g/mol. The zero-order chi connectivity index (χ0) is 27.0. The van der Waals surface area contributed by atoms with Crippen LogP contribution in [0.2, 0.25) is 0 Å². The topological polar surface area (TPSA) is 107 Å². The molecule has 0 saturated heterocycles. The highest BCUT2D eigenvalue weighted by Crippen LogP contribution is 2.37. The van der Waals surface area contributed by atoms with Gasteiger partial charge in [-0.15, -0.1) is 0 Å². The number of fused-ring (bicyclic) bond motifs is 1. The van der Waals surface area contributed by atoms with Crippen molar-refractivity contribution >= 4 is 21.1 Å². The van der Waals surface area contributed by atoms with E-state index in [9.17, 15) is 35.5 Å². The fraction of sp³-hybridized carbons (Fsp3) is 0.217. The Morgan fingerprint density at radius 1 is 1.03 bits per heavy atom. The number of pyridine rings is 4. The Labute approximate surface area is 207 Å². The minimum Gasteiger partial charge on any atom is -0.437 e. The van der Waals surface area contributed by atoms with Crippen molar-refractivity contribution in [2.75, 3.05) is 5.75 Å². The molecule has 1 unspecified atom stereocenters. The molecule has 8 nitrogen and oxygen atoms in total. The molecular weight excluding hydrogens is 523 g/mol. The zero-order valence-corrected chi connectivity index (χ0v) is 19.8. The number of nitrogens with zero attached hydrogens (tertiary/aromatic N) is 4. The van der Waals surface area contributed by atoms with E-state index in [4.69, 9.17) is 4.74 Å². The van der Waals surface area contributed by atoms with Gasteiger partial charge in [-0.1, -0.05) is 10.3 Å². The summed E-state index contributed by atoms with van der Waals surface area (Å²) in [6.07, 6.45) is -2.17. The molecule has 0 fully saturated rings. The second-order valence-corrected chi connectivity index (χ2v) is 10.1. The molecule has 1 atom stereocenters. The Morgan fingerprint density at radius 2 is 1.78 bits per heavy atom. The van der Waals surface area contributed by atoms with Gasteiger partial charge < -0.3 is 9.30 Å². The summed E-state index contributed by atoms with van der Waals surface area (Å²) in [6, 6.07) is 9.54. The molecule has 1 N–H and O–H groups in total. The molecule has 194 valence electrons. The molecule has 0 amide bonds. The number of alkyl halides is 5. The van der Waals surface area contributed by atoms with E-state index in [0.717, 1.165) is 12.3 Å². The van der Waals surface area contributed by atoms with Crippen LogP contribution in [0.15, 0.2) is 70.7 Å². The van der Waals surface area contributed by atoms with E-state index in [2.05, 4.69) is 15.0 Å². The molecule has 4 rings (SSSR count). The van der Waals surface area contributed by atoms with Crippen LogP contribution in [0.1, 0.15) is 6.92 Å². The summed E-state index contributed by atoms with van der Waals surface area (Å²) >= 11 is 0. The normalized spacial score (nSPS) is 13.9. The highest BCUT2D eigenvalue weighted by Gasteiger charge is 2.57. The van der Waals surface area contributed by atoms with Gasteiger partial charge in [0.1, 0.15) is 11.4 Å². The molecule has 0 aromatic carbocycles. The van der Waals surface area contributed by atoms with Gasteiger partial charge in [0.05, 0.1) is 30.1 Å². The minimum absolute atomic E-state index is 0.0230. The third kappa shape index (κ3) is 5.34. The van der Waals surface area contributed by atoms with E-state index < -0.39 is 34.4 Å². The van der Waals surface area contributed by atoms with E-state index in [1.54, 1.807) is 18.2 Å². The van der Waals surface area contributed by atoms with Gasteiger partial charge in [0, 0.05) is 29.8 Å². The molecule has 4 aromatic heterocycles. The summed E-state index contributed by atoms with van der Waals surface area (Å²) in [4.78, 5) is 24.3. The molecule has 0 bridgehead atoms. The van der Waals surface area contributed by atoms with Crippen molar-refractivity contribution in [1.29, 1.82) is 0 Å². The monoisotopic (exact) mass is 541 g/mol. The smallest absolute Gasteiger partial charge is 0.437 e. The molecule has 0 saturated carbocycles. The van der Waals surface area contributed by atoms with Gasteiger partial charge in [0.15, 0.2) is 5.75 Å².